The van der Waals surface area contributed by atoms with Gasteiger partial charge in [0.25, 0.3) is 0 Å². The second-order valence-corrected chi connectivity index (χ2v) is 2.75. The van der Waals surface area contributed by atoms with Gasteiger partial charge in [0.05, 0.1) is 0 Å². The minimum absolute atomic E-state index is 1.11. The fourth-order valence-corrected chi connectivity index (χ4v) is 1.11. The predicted octanol–water partition coefficient (Wildman–Crippen LogP) is 2.03. The van der Waals surface area contributed by atoms with Crippen LogP contribution in [0.5, 0.6) is 0 Å². The molecule has 0 fully saturated rings. The van der Waals surface area contributed by atoms with Crippen molar-refractivity contribution in [3.05, 3.63) is 29.3 Å². The molecule has 10 heavy (non-hydrogen) atoms. The normalized spacial score (nSPS) is 19.9. The third kappa shape index (κ3) is 1.41. The van der Waals surface area contributed by atoms with Gasteiger partial charge in [-0.2, -0.15) is 0 Å². The molecular formula is C9H14N. The Bertz CT molecular complexity index is 177. The first-order valence-corrected chi connectivity index (χ1v) is 3.63. The Balaban J connectivity index is 2.74. The maximum absolute atomic E-state index is 3.16. The van der Waals surface area contributed by atoms with Crippen LogP contribution in [0.1, 0.15) is 20.3 Å². The first kappa shape index (κ1) is 7.39. The fraction of sp³-hybridized carbons (Fsp3) is 0.444. The van der Waals surface area contributed by atoms with Gasteiger partial charge in [-0.3, -0.25) is 0 Å². The molecule has 0 bridgehead atoms. The van der Waals surface area contributed by atoms with Crippen molar-refractivity contribution < 1.29 is 0 Å². The summed E-state index contributed by atoms with van der Waals surface area (Å²) in [6.07, 6.45) is 5.56. The first-order valence-electron chi connectivity index (χ1n) is 3.63. The van der Waals surface area contributed by atoms with Gasteiger partial charge in [-0.15, -0.1) is 0 Å². The van der Waals surface area contributed by atoms with Gasteiger partial charge in [-0.1, -0.05) is 19.1 Å². The summed E-state index contributed by atoms with van der Waals surface area (Å²) in [7, 11) is 1.96. The molecule has 1 aliphatic rings. The molecule has 0 aromatic rings. The summed E-state index contributed by atoms with van der Waals surface area (Å²) in [6, 6.07) is 0. The zero-order valence-electron chi connectivity index (χ0n) is 6.86. The fourth-order valence-electron chi connectivity index (χ4n) is 1.11. The molecule has 55 valence electrons. The molecule has 0 heterocycles. The predicted molar refractivity (Wildman–Crippen MR) is 44.4 cm³/mol. The van der Waals surface area contributed by atoms with E-state index in [1.54, 1.807) is 0 Å². The summed E-state index contributed by atoms with van der Waals surface area (Å²) >= 11 is 0. The largest absolute Gasteiger partial charge is 0.388 e. The number of rotatable bonds is 1. The molecule has 1 radical (unpaired) electrons. The summed E-state index contributed by atoms with van der Waals surface area (Å²) in [5.41, 5.74) is 2.61. The molecule has 0 spiro atoms. The highest BCUT2D eigenvalue weighted by Crippen LogP contribution is 2.21. The molecule has 0 saturated heterocycles. The number of hydrogen-bond acceptors (Lipinski definition) is 1. The van der Waals surface area contributed by atoms with Gasteiger partial charge >= 0.3 is 0 Å². The van der Waals surface area contributed by atoms with E-state index < -0.39 is 0 Å². The van der Waals surface area contributed by atoms with E-state index in [9.17, 15) is 0 Å². The van der Waals surface area contributed by atoms with Gasteiger partial charge < -0.3 is 5.32 Å². The Morgan fingerprint density at radius 2 is 2.10 bits per heavy atom. The lowest BCUT2D eigenvalue weighted by molar-refractivity contribution is 0.925. The zero-order chi connectivity index (χ0) is 7.56. The highest BCUT2D eigenvalue weighted by molar-refractivity contribution is 5.36. The Kier molecular flexibility index (Phi) is 2.15. The SMILES string of the molecule is CNC1=C[C](C)CC=C1C. The Labute approximate surface area is 62.8 Å². The van der Waals surface area contributed by atoms with Crippen molar-refractivity contribution in [3.8, 4) is 0 Å². The van der Waals surface area contributed by atoms with E-state index in [1.807, 2.05) is 7.05 Å². The third-order valence-electron chi connectivity index (χ3n) is 1.82. The van der Waals surface area contributed by atoms with Crippen LogP contribution in [0.15, 0.2) is 23.4 Å². The van der Waals surface area contributed by atoms with E-state index in [0.717, 1.165) is 6.42 Å². The molecular weight excluding hydrogens is 122 g/mol. The second-order valence-electron chi connectivity index (χ2n) is 2.75. The molecule has 1 nitrogen and oxygen atoms in total. The summed E-state index contributed by atoms with van der Waals surface area (Å²) < 4.78 is 0. The molecule has 0 aliphatic heterocycles. The van der Waals surface area contributed by atoms with E-state index in [2.05, 4.69) is 31.3 Å². The van der Waals surface area contributed by atoms with Gasteiger partial charge in [-0.05, 0) is 18.9 Å². The lowest BCUT2D eigenvalue weighted by Gasteiger charge is -2.15. The molecule has 1 heteroatoms. The molecule has 0 saturated carbocycles. The van der Waals surface area contributed by atoms with Gasteiger partial charge in [-0.25, -0.2) is 0 Å². The van der Waals surface area contributed by atoms with Crippen LogP contribution in [0.2, 0.25) is 0 Å². The van der Waals surface area contributed by atoms with Crippen molar-refractivity contribution in [3.63, 3.8) is 0 Å². The van der Waals surface area contributed by atoms with E-state index in [-0.39, 0.29) is 0 Å². The van der Waals surface area contributed by atoms with Crippen LogP contribution in [0.4, 0.5) is 0 Å². The van der Waals surface area contributed by atoms with Crippen LogP contribution < -0.4 is 5.32 Å². The second kappa shape index (κ2) is 2.91. The van der Waals surface area contributed by atoms with Gasteiger partial charge in [0.1, 0.15) is 0 Å². The average Bonchev–Trinajstić information content (AvgIpc) is 1.94. The van der Waals surface area contributed by atoms with Gasteiger partial charge in [0, 0.05) is 18.7 Å². The maximum atomic E-state index is 3.16. The molecule has 1 rings (SSSR count). The van der Waals surface area contributed by atoms with Gasteiger partial charge in [0.15, 0.2) is 0 Å². The van der Waals surface area contributed by atoms with E-state index in [0.29, 0.717) is 0 Å². The van der Waals surface area contributed by atoms with Crippen LogP contribution in [-0.4, -0.2) is 7.05 Å². The molecule has 0 aromatic carbocycles. The van der Waals surface area contributed by atoms with Crippen molar-refractivity contribution >= 4 is 0 Å². The third-order valence-corrected chi connectivity index (χ3v) is 1.82. The number of hydrogen-bond donors (Lipinski definition) is 1. The Morgan fingerprint density at radius 3 is 2.60 bits per heavy atom. The van der Waals surface area contributed by atoms with Crippen molar-refractivity contribution in [1.29, 1.82) is 0 Å². The lowest BCUT2D eigenvalue weighted by atomic mass is 9.97. The van der Waals surface area contributed by atoms with Crippen LogP contribution in [0, 0.1) is 5.92 Å². The summed E-state index contributed by atoms with van der Waals surface area (Å²) in [5.74, 6) is 1.43. The van der Waals surface area contributed by atoms with Crippen molar-refractivity contribution in [1.82, 2.24) is 5.32 Å². The van der Waals surface area contributed by atoms with Crippen molar-refractivity contribution in [2.45, 2.75) is 20.3 Å². The quantitative estimate of drug-likeness (QED) is 0.581. The minimum atomic E-state index is 1.11. The first-order chi connectivity index (χ1) is 4.74. The van der Waals surface area contributed by atoms with Crippen molar-refractivity contribution in [2.75, 3.05) is 7.05 Å². The smallest absolute Gasteiger partial charge is 0.0329 e. The maximum Gasteiger partial charge on any atom is 0.0329 e. The number of nitrogens with one attached hydrogen (secondary N) is 1. The topological polar surface area (TPSA) is 12.0 Å². The van der Waals surface area contributed by atoms with Crippen LogP contribution in [-0.2, 0) is 0 Å². The summed E-state index contributed by atoms with van der Waals surface area (Å²) in [4.78, 5) is 0. The van der Waals surface area contributed by atoms with Crippen molar-refractivity contribution in [2.24, 2.45) is 0 Å². The zero-order valence-corrected chi connectivity index (χ0v) is 6.86. The standard InChI is InChI=1S/C9H14N/c1-7-4-5-8(2)9(6-7)10-3/h5-6,10H,4H2,1-3H3. The summed E-state index contributed by atoms with van der Waals surface area (Å²) in [5, 5.41) is 3.16. The van der Waals surface area contributed by atoms with E-state index >= 15 is 0 Å². The molecule has 1 aliphatic carbocycles. The van der Waals surface area contributed by atoms with Crippen LogP contribution >= 0.6 is 0 Å². The highest BCUT2D eigenvalue weighted by Gasteiger charge is 2.07. The average molecular weight is 136 g/mol. The lowest BCUT2D eigenvalue weighted by Crippen LogP contribution is -2.11. The van der Waals surface area contributed by atoms with Crippen LogP contribution in [0.3, 0.4) is 0 Å². The van der Waals surface area contributed by atoms with Crippen LogP contribution in [0.25, 0.3) is 0 Å². The molecule has 0 amide bonds. The number of allylic oxidation sites excluding steroid dienone is 3. The van der Waals surface area contributed by atoms with E-state index in [1.165, 1.54) is 17.2 Å². The minimum Gasteiger partial charge on any atom is -0.388 e. The number of likely N-dealkylation sites (N-methyl/N-ethyl adjacent to an activating group) is 1. The molecule has 1 N–H and O–H groups in total. The monoisotopic (exact) mass is 136 g/mol. The highest BCUT2D eigenvalue weighted by atomic mass is 14.8. The van der Waals surface area contributed by atoms with E-state index in [4.69, 9.17) is 0 Å². The molecule has 0 unspecified atom stereocenters. The Morgan fingerprint density at radius 1 is 1.40 bits per heavy atom. The molecule has 0 atom stereocenters. The van der Waals surface area contributed by atoms with Gasteiger partial charge in [0.2, 0.25) is 0 Å². The summed E-state index contributed by atoms with van der Waals surface area (Å²) in [6.45, 7) is 4.29. The Hall–Kier alpha value is -0.720. The molecule has 0 aromatic heterocycles.